The standard InChI is InChI=1S/C34H30N2O6/c1-40-30-14-8-7-12-26(30)22-28(36-33(38)25-10-5-4-6-11-25)34(39)35-27-19-16-23(17-20-27)29(37)21-18-24-13-9-15-31(41-2)32(24)42-3/h4-22H,1-3H3,(H,35,39)(H,36,38)/b21-18+,28-22-. The number of anilines is 1. The summed E-state index contributed by atoms with van der Waals surface area (Å²) >= 11 is 0. The van der Waals surface area contributed by atoms with E-state index >= 15 is 0 Å². The topological polar surface area (TPSA) is 103 Å². The van der Waals surface area contributed by atoms with Gasteiger partial charge in [0.2, 0.25) is 0 Å². The van der Waals surface area contributed by atoms with Gasteiger partial charge >= 0.3 is 0 Å². The number of methoxy groups -OCH3 is 3. The summed E-state index contributed by atoms with van der Waals surface area (Å²) in [4.78, 5) is 39.1. The first kappa shape index (κ1) is 29.4. The minimum Gasteiger partial charge on any atom is -0.496 e. The van der Waals surface area contributed by atoms with Crippen molar-refractivity contribution in [3.63, 3.8) is 0 Å². The van der Waals surface area contributed by atoms with E-state index in [2.05, 4.69) is 10.6 Å². The van der Waals surface area contributed by atoms with Crippen LogP contribution >= 0.6 is 0 Å². The molecule has 0 unspecified atom stereocenters. The van der Waals surface area contributed by atoms with Crippen LogP contribution in [0.15, 0.2) is 109 Å². The number of benzene rings is 4. The molecule has 0 radical (unpaired) electrons. The Balaban J connectivity index is 1.52. The molecule has 0 spiro atoms. The lowest BCUT2D eigenvalue weighted by atomic mass is 10.1. The Morgan fingerprint density at radius 1 is 0.643 bits per heavy atom. The quantitative estimate of drug-likeness (QED) is 0.171. The number of allylic oxidation sites excluding steroid dienone is 1. The Labute approximate surface area is 244 Å². The van der Waals surface area contributed by atoms with Crippen LogP contribution in [-0.4, -0.2) is 38.9 Å². The Hall–Kier alpha value is -5.63. The number of carbonyl (C=O) groups excluding carboxylic acids is 3. The zero-order valence-electron chi connectivity index (χ0n) is 23.4. The lowest BCUT2D eigenvalue weighted by molar-refractivity contribution is -0.113. The van der Waals surface area contributed by atoms with Crippen LogP contribution in [0.5, 0.6) is 17.2 Å². The maximum atomic E-state index is 13.3. The van der Waals surface area contributed by atoms with Crippen LogP contribution in [0, 0.1) is 0 Å². The number of rotatable bonds is 11. The highest BCUT2D eigenvalue weighted by Gasteiger charge is 2.16. The number of hydrogen-bond acceptors (Lipinski definition) is 6. The molecule has 0 aromatic heterocycles. The highest BCUT2D eigenvalue weighted by atomic mass is 16.5. The van der Waals surface area contributed by atoms with Gasteiger partial charge in [0.15, 0.2) is 17.3 Å². The molecule has 212 valence electrons. The molecule has 0 aliphatic heterocycles. The number of nitrogens with one attached hydrogen (secondary N) is 2. The number of amides is 2. The maximum absolute atomic E-state index is 13.3. The zero-order valence-corrected chi connectivity index (χ0v) is 23.4. The van der Waals surface area contributed by atoms with Crippen molar-refractivity contribution in [1.29, 1.82) is 0 Å². The van der Waals surface area contributed by atoms with Crippen LogP contribution < -0.4 is 24.8 Å². The second kappa shape index (κ2) is 14.1. The van der Waals surface area contributed by atoms with Gasteiger partial charge in [-0.2, -0.15) is 0 Å². The van der Waals surface area contributed by atoms with Gasteiger partial charge in [0.25, 0.3) is 11.8 Å². The molecule has 42 heavy (non-hydrogen) atoms. The average molecular weight is 563 g/mol. The zero-order chi connectivity index (χ0) is 29.9. The van der Waals surface area contributed by atoms with Gasteiger partial charge in [-0.3, -0.25) is 14.4 Å². The van der Waals surface area contributed by atoms with Crippen LogP contribution in [0.2, 0.25) is 0 Å². The summed E-state index contributed by atoms with van der Waals surface area (Å²) in [5, 5.41) is 5.49. The SMILES string of the molecule is COc1ccccc1/C=C(\NC(=O)c1ccccc1)C(=O)Nc1ccc(C(=O)/C=C/c2cccc(OC)c2OC)cc1. The minimum absolute atomic E-state index is 0.0173. The van der Waals surface area contributed by atoms with E-state index in [-0.39, 0.29) is 11.5 Å². The Kier molecular flexibility index (Phi) is 9.88. The highest BCUT2D eigenvalue weighted by Crippen LogP contribution is 2.31. The van der Waals surface area contributed by atoms with Crippen molar-refractivity contribution < 1.29 is 28.6 Å². The molecule has 0 saturated carbocycles. The summed E-state index contributed by atoms with van der Waals surface area (Å²) < 4.78 is 16.1. The second-order valence-electron chi connectivity index (χ2n) is 8.93. The van der Waals surface area contributed by atoms with Crippen LogP contribution in [0.1, 0.15) is 31.8 Å². The molecule has 0 bridgehead atoms. The van der Waals surface area contributed by atoms with E-state index in [9.17, 15) is 14.4 Å². The Morgan fingerprint density at radius 2 is 1.29 bits per heavy atom. The van der Waals surface area contributed by atoms with Crippen LogP contribution in [0.25, 0.3) is 12.2 Å². The Bertz CT molecular complexity index is 1630. The van der Waals surface area contributed by atoms with E-state index in [0.717, 1.165) is 0 Å². The van der Waals surface area contributed by atoms with Gasteiger partial charge in [-0.05, 0) is 66.8 Å². The number of hydrogen-bond donors (Lipinski definition) is 2. The van der Waals surface area contributed by atoms with Gasteiger partial charge in [0.1, 0.15) is 11.4 Å². The van der Waals surface area contributed by atoms with Crippen molar-refractivity contribution in [2.45, 2.75) is 0 Å². The molecule has 0 heterocycles. The first-order chi connectivity index (χ1) is 20.4. The fourth-order valence-corrected chi connectivity index (χ4v) is 4.10. The fourth-order valence-electron chi connectivity index (χ4n) is 4.10. The summed E-state index contributed by atoms with van der Waals surface area (Å²) in [6.45, 7) is 0. The van der Waals surface area contributed by atoms with Crippen molar-refractivity contribution in [2.24, 2.45) is 0 Å². The number of ketones is 1. The molecular weight excluding hydrogens is 532 g/mol. The first-order valence-electron chi connectivity index (χ1n) is 13.0. The van der Waals surface area contributed by atoms with Crippen LogP contribution in [-0.2, 0) is 4.79 Å². The molecule has 4 rings (SSSR count). The first-order valence-corrected chi connectivity index (χ1v) is 13.0. The molecular formula is C34H30N2O6. The molecule has 4 aromatic rings. The van der Waals surface area contributed by atoms with E-state index in [4.69, 9.17) is 14.2 Å². The summed E-state index contributed by atoms with van der Waals surface area (Å²) in [7, 11) is 4.61. The summed E-state index contributed by atoms with van der Waals surface area (Å²) in [5.41, 5.74) is 2.59. The third-order valence-electron chi connectivity index (χ3n) is 6.24. The van der Waals surface area contributed by atoms with Gasteiger partial charge in [0, 0.05) is 27.9 Å². The van der Waals surface area contributed by atoms with E-state index in [1.165, 1.54) is 20.3 Å². The molecule has 0 aliphatic carbocycles. The maximum Gasteiger partial charge on any atom is 0.272 e. The summed E-state index contributed by atoms with van der Waals surface area (Å²) in [5.74, 6) is 0.412. The van der Waals surface area contributed by atoms with Crippen molar-refractivity contribution >= 4 is 35.4 Å². The molecule has 0 saturated heterocycles. The number of para-hydroxylation sites is 2. The largest absolute Gasteiger partial charge is 0.496 e. The third-order valence-corrected chi connectivity index (χ3v) is 6.24. The van der Waals surface area contributed by atoms with E-state index in [1.54, 1.807) is 98.1 Å². The minimum atomic E-state index is -0.547. The monoisotopic (exact) mass is 562 g/mol. The normalized spacial score (nSPS) is 11.1. The summed E-state index contributed by atoms with van der Waals surface area (Å²) in [6.07, 6.45) is 4.65. The molecule has 2 N–H and O–H groups in total. The van der Waals surface area contributed by atoms with Gasteiger partial charge in [-0.25, -0.2) is 0 Å². The predicted molar refractivity (Wildman–Crippen MR) is 163 cm³/mol. The van der Waals surface area contributed by atoms with Gasteiger partial charge < -0.3 is 24.8 Å². The number of carbonyl (C=O) groups is 3. The molecule has 0 fully saturated rings. The van der Waals surface area contributed by atoms with Gasteiger partial charge in [0.05, 0.1) is 21.3 Å². The average Bonchev–Trinajstić information content (AvgIpc) is 3.03. The summed E-state index contributed by atoms with van der Waals surface area (Å²) in [6, 6.07) is 27.6. The predicted octanol–water partition coefficient (Wildman–Crippen LogP) is 6.02. The van der Waals surface area contributed by atoms with E-state index in [1.807, 2.05) is 18.2 Å². The lowest BCUT2D eigenvalue weighted by Crippen LogP contribution is -2.30. The molecule has 4 aromatic carbocycles. The smallest absolute Gasteiger partial charge is 0.272 e. The van der Waals surface area contributed by atoms with Crippen molar-refractivity contribution in [3.8, 4) is 17.2 Å². The van der Waals surface area contributed by atoms with E-state index < -0.39 is 11.8 Å². The molecule has 0 atom stereocenters. The molecule has 8 nitrogen and oxygen atoms in total. The van der Waals surface area contributed by atoms with Crippen LogP contribution in [0.3, 0.4) is 0 Å². The third kappa shape index (κ3) is 7.31. The van der Waals surface area contributed by atoms with Crippen molar-refractivity contribution in [2.75, 3.05) is 26.6 Å². The fraction of sp³-hybridized carbons (Fsp3) is 0.0882. The van der Waals surface area contributed by atoms with Crippen molar-refractivity contribution in [3.05, 3.63) is 131 Å². The van der Waals surface area contributed by atoms with Gasteiger partial charge in [-0.1, -0.05) is 48.5 Å². The molecule has 0 aliphatic rings. The Morgan fingerprint density at radius 3 is 1.98 bits per heavy atom. The van der Waals surface area contributed by atoms with Crippen LogP contribution in [0.4, 0.5) is 5.69 Å². The number of ether oxygens (including phenoxy) is 3. The van der Waals surface area contributed by atoms with E-state index in [0.29, 0.717) is 45.2 Å². The molecule has 8 heteroatoms. The highest BCUT2D eigenvalue weighted by molar-refractivity contribution is 6.11. The second-order valence-corrected chi connectivity index (χ2v) is 8.93. The van der Waals surface area contributed by atoms with Gasteiger partial charge in [-0.15, -0.1) is 0 Å². The lowest BCUT2D eigenvalue weighted by Gasteiger charge is -2.13. The molecule has 2 amide bonds. The van der Waals surface area contributed by atoms with Crippen molar-refractivity contribution in [1.82, 2.24) is 5.32 Å².